The van der Waals surface area contributed by atoms with Gasteiger partial charge >= 0.3 is 6.03 Å². The highest BCUT2D eigenvalue weighted by Crippen LogP contribution is 2.20. The van der Waals surface area contributed by atoms with E-state index in [1.807, 2.05) is 4.90 Å². The van der Waals surface area contributed by atoms with Gasteiger partial charge in [0.2, 0.25) is 0 Å². The zero-order chi connectivity index (χ0) is 16.2. The van der Waals surface area contributed by atoms with Crippen molar-refractivity contribution in [3.8, 4) is 0 Å². The lowest BCUT2D eigenvalue weighted by Gasteiger charge is -2.36. The SMILES string of the molecule is O=C(Nc1ccccc1F)N1CCN(c2ccccc2F)CC1. The van der Waals surface area contributed by atoms with Crippen LogP contribution in [0.3, 0.4) is 0 Å². The lowest BCUT2D eigenvalue weighted by molar-refractivity contribution is 0.208. The fourth-order valence-electron chi connectivity index (χ4n) is 2.62. The summed E-state index contributed by atoms with van der Waals surface area (Å²) in [5, 5.41) is 2.57. The zero-order valence-corrected chi connectivity index (χ0v) is 12.5. The van der Waals surface area contributed by atoms with E-state index in [0.29, 0.717) is 31.9 Å². The van der Waals surface area contributed by atoms with E-state index in [1.165, 1.54) is 18.2 Å². The number of nitrogens with zero attached hydrogens (tertiary/aromatic N) is 2. The Morgan fingerprint density at radius 1 is 0.870 bits per heavy atom. The van der Waals surface area contributed by atoms with Crippen LogP contribution in [0.15, 0.2) is 48.5 Å². The number of piperazine rings is 1. The minimum absolute atomic E-state index is 0.161. The minimum atomic E-state index is -0.467. The Kier molecular flexibility index (Phi) is 4.41. The second kappa shape index (κ2) is 6.64. The zero-order valence-electron chi connectivity index (χ0n) is 12.5. The van der Waals surface area contributed by atoms with Crippen LogP contribution < -0.4 is 10.2 Å². The molecule has 23 heavy (non-hydrogen) atoms. The molecule has 1 heterocycles. The number of rotatable bonds is 2. The van der Waals surface area contributed by atoms with Crippen molar-refractivity contribution >= 4 is 17.4 Å². The number of carbonyl (C=O) groups excluding carboxylic acids is 1. The molecule has 0 aliphatic carbocycles. The summed E-state index contributed by atoms with van der Waals surface area (Å²) in [5.41, 5.74) is 0.704. The number of halogens is 2. The second-order valence-electron chi connectivity index (χ2n) is 5.34. The molecule has 6 heteroatoms. The molecule has 0 unspecified atom stereocenters. The number of amides is 2. The highest BCUT2D eigenvalue weighted by molar-refractivity contribution is 5.89. The maximum absolute atomic E-state index is 13.8. The summed E-state index contributed by atoms with van der Waals surface area (Å²) >= 11 is 0. The van der Waals surface area contributed by atoms with Gasteiger partial charge in [-0.1, -0.05) is 24.3 Å². The summed E-state index contributed by atoms with van der Waals surface area (Å²) in [6.07, 6.45) is 0. The van der Waals surface area contributed by atoms with Crippen molar-refractivity contribution in [2.45, 2.75) is 0 Å². The molecule has 2 aromatic rings. The van der Waals surface area contributed by atoms with Crippen LogP contribution in [0.2, 0.25) is 0 Å². The van der Waals surface area contributed by atoms with Crippen LogP contribution in [0.4, 0.5) is 25.0 Å². The predicted octanol–water partition coefficient (Wildman–Crippen LogP) is 3.32. The summed E-state index contributed by atoms with van der Waals surface area (Å²) in [7, 11) is 0. The van der Waals surface area contributed by atoms with Crippen LogP contribution in [-0.4, -0.2) is 37.1 Å². The van der Waals surface area contributed by atoms with Crippen LogP contribution in [0.5, 0.6) is 0 Å². The molecule has 0 aromatic heterocycles. The number of hydrogen-bond donors (Lipinski definition) is 1. The van der Waals surface area contributed by atoms with Crippen molar-refractivity contribution in [1.82, 2.24) is 4.90 Å². The smallest absolute Gasteiger partial charge is 0.322 e. The van der Waals surface area contributed by atoms with Gasteiger partial charge in [-0.2, -0.15) is 0 Å². The van der Waals surface area contributed by atoms with E-state index in [2.05, 4.69) is 5.32 Å². The number of nitrogens with one attached hydrogen (secondary N) is 1. The molecule has 0 spiro atoms. The standard InChI is InChI=1S/C17H17F2N3O/c18-13-5-1-3-7-15(13)20-17(23)22-11-9-21(10-12-22)16-8-4-2-6-14(16)19/h1-8H,9-12H2,(H,20,23). The first-order chi connectivity index (χ1) is 11.1. The normalized spacial score (nSPS) is 14.7. The number of anilines is 2. The van der Waals surface area contributed by atoms with Crippen LogP contribution in [0.25, 0.3) is 0 Å². The van der Waals surface area contributed by atoms with Crippen LogP contribution in [-0.2, 0) is 0 Å². The molecule has 0 saturated carbocycles. The second-order valence-corrected chi connectivity index (χ2v) is 5.34. The number of benzene rings is 2. The van der Waals surface area contributed by atoms with E-state index in [9.17, 15) is 13.6 Å². The summed E-state index contributed by atoms with van der Waals surface area (Å²) in [6, 6.07) is 12.3. The molecule has 120 valence electrons. The number of hydrogen-bond acceptors (Lipinski definition) is 2. The molecule has 1 aliphatic rings. The first-order valence-electron chi connectivity index (χ1n) is 7.45. The first-order valence-corrected chi connectivity index (χ1v) is 7.45. The molecule has 1 saturated heterocycles. The van der Waals surface area contributed by atoms with Crippen molar-refractivity contribution in [3.63, 3.8) is 0 Å². The van der Waals surface area contributed by atoms with Crippen LogP contribution >= 0.6 is 0 Å². The van der Waals surface area contributed by atoms with E-state index in [4.69, 9.17) is 0 Å². The van der Waals surface area contributed by atoms with E-state index in [0.717, 1.165) is 0 Å². The molecule has 0 radical (unpaired) electrons. The van der Waals surface area contributed by atoms with Crippen LogP contribution in [0.1, 0.15) is 0 Å². The average molecular weight is 317 g/mol. The lowest BCUT2D eigenvalue weighted by atomic mass is 10.2. The first kappa shape index (κ1) is 15.3. The van der Waals surface area contributed by atoms with Gasteiger partial charge in [0.1, 0.15) is 11.6 Å². The molecule has 0 bridgehead atoms. The Bertz CT molecular complexity index is 700. The van der Waals surface area contributed by atoms with Gasteiger partial charge in [0, 0.05) is 26.2 Å². The Morgan fingerprint density at radius 2 is 1.48 bits per heavy atom. The van der Waals surface area contributed by atoms with Gasteiger partial charge in [-0.25, -0.2) is 13.6 Å². The van der Waals surface area contributed by atoms with Crippen molar-refractivity contribution in [1.29, 1.82) is 0 Å². The lowest BCUT2D eigenvalue weighted by Crippen LogP contribution is -2.50. The van der Waals surface area contributed by atoms with E-state index in [-0.39, 0.29) is 17.5 Å². The van der Waals surface area contributed by atoms with Gasteiger partial charge in [0.15, 0.2) is 0 Å². The number of para-hydroxylation sites is 2. The fourth-order valence-corrected chi connectivity index (χ4v) is 2.62. The third kappa shape index (κ3) is 3.41. The molecular formula is C17H17F2N3O. The Labute approximate surface area is 133 Å². The highest BCUT2D eigenvalue weighted by Gasteiger charge is 2.23. The number of urea groups is 1. The highest BCUT2D eigenvalue weighted by atomic mass is 19.1. The van der Waals surface area contributed by atoms with Gasteiger partial charge in [-0.05, 0) is 24.3 Å². The van der Waals surface area contributed by atoms with Gasteiger partial charge in [-0.3, -0.25) is 0 Å². The Hall–Kier alpha value is -2.63. The average Bonchev–Trinajstić information content (AvgIpc) is 2.57. The quantitative estimate of drug-likeness (QED) is 0.922. The summed E-state index contributed by atoms with van der Waals surface area (Å²) in [4.78, 5) is 15.7. The largest absolute Gasteiger partial charge is 0.366 e. The van der Waals surface area contributed by atoms with Crippen molar-refractivity contribution in [3.05, 3.63) is 60.2 Å². The van der Waals surface area contributed by atoms with E-state index < -0.39 is 5.82 Å². The monoisotopic (exact) mass is 317 g/mol. The molecule has 4 nitrogen and oxygen atoms in total. The Balaban J connectivity index is 1.60. The summed E-state index contributed by atoms with van der Waals surface area (Å²) in [5.74, 6) is -0.734. The number of carbonyl (C=O) groups is 1. The third-order valence-corrected chi connectivity index (χ3v) is 3.88. The van der Waals surface area contributed by atoms with Crippen LogP contribution in [0, 0.1) is 11.6 Å². The summed E-state index contributed by atoms with van der Waals surface area (Å²) < 4.78 is 27.3. The van der Waals surface area contributed by atoms with Crippen molar-refractivity contribution in [2.75, 3.05) is 36.4 Å². The van der Waals surface area contributed by atoms with Gasteiger partial charge < -0.3 is 15.1 Å². The minimum Gasteiger partial charge on any atom is -0.366 e. The molecule has 1 fully saturated rings. The topological polar surface area (TPSA) is 35.6 Å². The maximum Gasteiger partial charge on any atom is 0.322 e. The van der Waals surface area contributed by atoms with Crippen molar-refractivity contribution < 1.29 is 13.6 Å². The Morgan fingerprint density at radius 3 is 2.13 bits per heavy atom. The summed E-state index contributed by atoms with van der Waals surface area (Å²) in [6.45, 7) is 1.97. The molecule has 2 aromatic carbocycles. The third-order valence-electron chi connectivity index (χ3n) is 3.88. The molecule has 0 atom stereocenters. The molecular weight excluding hydrogens is 300 g/mol. The molecule has 1 N–H and O–H groups in total. The van der Waals surface area contributed by atoms with Crippen molar-refractivity contribution in [2.24, 2.45) is 0 Å². The van der Waals surface area contributed by atoms with Gasteiger partial charge in [0.25, 0.3) is 0 Å². The maximum atomic E-state index is 13.8. The molecule has 2 amide bonds. The molecule has 1 aliphatic heterocycles. The predicted molar refractivity (Wildman–Crippen MR) is 85.6 cm³/mol. The van der Waals surface area contributed by atoms with E-state index >= 15 is 0 Å². The van der Waals surface area contributed by atoms with Gasteiger partial charge in [0.05, 0.1) is 11.4 Å². The van der Waals surface area contributed by atoms with Gasteiger partial charge in [-0.15, -0.1) is 0 Å². The molecule has 3 rings (SSSR count). The van der Waals surface area contributed by atoms with E-state index in [1.54, 1.807) is 35.2 Å². The fraction of sp³-hybridized carbons (Fsp3) is 0.235.